The Morgan fingerprint density at radius 2 is 0.750 bits per heavy atom. The fourth-order valence-electron chi connectivity index (χ4n) is 7.75. The van der Waals surface area contributed by atoms with Crippen molar-refractivity contribution in [2.45, 2.75) is 264 Å². The fraction of sp³-hybridized carbons (Fsp3) is 0.750. The van der Waals surface area contributed by atoms with Gasteiger partial charge in [0.2, 0.25) is 0 Å². The van der Waals surface area contributed by atoms with Crippen LogP contribution in [0.3, 0.4) is 0 Å². The number of ether oxygens (including phenoxy) is 3. The molecule has 3 unspecified atom stereocenters. The van der Waals surface area contributed by atoms with Crippen molar-refractivity contribution in [2.24, 2.45) is 0 Å². The highest BCUT2D eigenvalue weighted by Crippen LogP contribution is 2.43. The highest BCUT2D eigenvalue weighted by Gasteiger charge is 2.28. The van der Waals surface area contributed by atoms with Crippen molar-refractivity contribution in [1.29, 1.82) is 0 Å². The van der Waals surface area contributed by atoms with Crippen LogP contribution in [0.5, 0.6) is 0 Å². The molecule has 0 heterocycles. The minimum atomic E-state index is -4.77. The van der Waals surface area contributed by atoms with E-state index >= 15 is 0 Å². The Morgan fingerprint density at radius 3 is 1.22 bits per heavy atom. The van der Waals surface area contributed by atoms with Gasteiger partial charge in [-0.2, -0.15) is 0 Å². The fourth-order valence-corrected chi connectivity index (χ4v) is 8.54. The van der Waals surface area contributed by atoms with Gasteiger partial charge in [-0.05, 0) is 77.0 Å². The molecule has 2 N–H and O–H groups in total. The summed E-state index contributed by atoms with van der Waals surface area (Å²) in [7, 11) is -4.77. The minimum Gasteiger partial charge on any atom is -0.462 e. The maximum atomic E-state index is 12.9. The maximum Gasteiger partial charge on any atom is 0.472 e. The largest absolute Gasteiger partial charge is 0.472 e. The number of aliphatic hydroxyl groups excluding tert-OH is 1. The lowest BCUT2D eigenvalue weighted by atomic mass is 10.0. The average Bonchev–Trinajstić information content (AvgIpc) is 3.37. The average molecular weight is 1030 g/mol. The first-order valence-corrected chi connectivity index (χ1v) is 30.3. The van der Waals surface area contributed by atoms with E-state index < -0.39 is 57.8 Å². The molecule has 0 saturated heterocycles. The van der Waals surface area contributed by atoms with E-state index in [0.717, 1.165) is 89.9 Å². The lowest BCUT2D eigenvalue weighted by Gasteiger charge is -2.21. The number of allylic oxidation sites excluding steroid dienone is 12. The third kappa shape index (κ3) is 51.8. The van der Waals surface area contributed by atoms with E-state index in [9.17, 15) is 28.9 Å². The molecular formula is C60H105O11P. The quantitative estimate of drug-likeness (QED) is 0.0197. The molecule has 0 aromatic carbocycles. The molecule has 0 aliphatic rings. The summed E-state index contributed by atoms with van der Waals surface area (Å²) in [6, 6.07) is 0. The summed E-state index contributed by atoms with van der Waals surface area (Å²) in [5, 5.41) is 9.78. The van der Waals surface area contributed by atoms with E-state index in [1.54, 1.807) is 0 Å². The molecule has 0 bridgehead atoms. The number of phosphoric ester groups is 1. The van der Waals surface area contributed by atoms with Crippen LogP contribution in [-0.4, -0.2) is 66.5 Å². The van der Waals surface area contributed by atoms with E-state index in [1.807, 2.05) is 12.2 Å². The van der Waals surface area contributed by atoms with Gasteiger partial charge in [0.15, 0.2) is 6.10 Å². The van der Waals surface area contributed by atoms with Gasteiger partial charge in [0.1, 0.15) is 12.7 Å². The van der Waals surface area contributed by atoms with Gasteiger partial charge in [-0.25, -0.2) is 4.57 Å². The van der Waals surface area contributed by atoms with Crippen LogP contribution >= 0.6 is 7.82 Å². The highest BCUT2D eigenvalue weighted by atomic mass is 31.2. The summed E-state index contributed by atoms with van der Waals surface area (Å²) in [6.45, 7) is 4.42. The standard InChI is InChI=1S/C60H105O11P/c1-4-7-10-13-16-19-22-25-27-28-30-33-36-39-42-45-48-51-60(64)71-57(53-67-58(62)49-46-43-40-37-34-32-29-26-23-20-17-14-11-8-5-2)55-69-72(65,66)68-54-56(52-61)70-59(63)50-47-44-41-38-35-31-24-21-18-15-12-9-6-3/h9,12,17-18,20-21,26,29,31,35,41,44,56-57,61H,4-8,10-11,13-16,19,22-25,27-28,30,32-34,36-40,42-43,45-55H2,1-3H3,(H,65,66)/b12-9-,20-17-,21-18-,29-26-,35-31-,44-41-. The number of esters is 3. The topological polar surface area (TPSA) is 155 Å². The summed E-state index contributed by atoms with van der Waals surface area (Å²) < 4.78 is 39.4. The van der Waals surface area contributed by atoms with Crippen molar-refractivity contribution in [1.82, 2.24) is 0 Å². The summed E-state index contributed by atoms with van der Waals surface area (Å²) in [5.41, 5.74) is 0. The molecule has 0 saturated carbocycles. The number of carbonyl (C=O) groups is 3. The maximum absolute atomic E-state index is 12.9. The van der Waals surface area contributed by atoms with E-state index in [4.69, 9.17) is 23.3 Å². The number of carbonyl (C=O) groups excluding carboxylic acids is 3. The number of aliphatic hydroxyl groups is 1. The second kappa shape index (κ2) is 54.2. The Bertz CT molecular complexity index is 1490. The van der Waals surface area contributed by atoms with Crippen LogP contribution in [0.15, 0.2) is 72.9 Å². The molecule has 0 aromatic rings. The first-order valence-electron chi connectivity index (χ1n) is 28.8. The Morgan fingerprint density at radius 1 is 0.403 bits per heavy atom. The van der Waals surface area contributed by atoms with Gasteiger partial charge in [0, 0.05) is 19.3 Å². The van der Waals surface area contributed by atoms with Crippen LogP contribution in [0, 0.1) is 0 Å². The third-order valence-electron chi connectivity index (χ3n) is 12.1. The molecule has 0 fully saturated rings. The highest BCUT2D eigenvalue weighted by molar-refractivity contribution is 7.47. The second-order valence-electron chi connectivity index (χ2n) is 19.1. The first-order chi connectivity index (χ1) is 35.2. The van der Waals surface area contributed by atoms with Gasteiger partial charge < -0.3 is 24.2 Å². The molecule has 0 aliphatic carbocycles. The lowest BCUT2D eigenvalue weighted by molar-refractivity contribution is -0.161. The SMILES string of the molecule is CC/C=C\C/C=C\C/C=C\C/C=C\CCC(=O)OC(CO)COP(=O)(O)OCC(COC(=O)CCCCCCC/C=C\C/C=C\CCCCC)OC(=O)CCCCCCCCCCCCCCCCCCC. The van der Waals surface area contributed by atoms with Gasteiger partial charge in [-0.1, -0.05) is 229 Å². The zero-order chi connectivity index (χ0) is 52.7. The van der Waals surface area contributed by atoms with Crippen molar-refractivity contribution < 1.29 is 52.2 Å². The van der Waals surface area contributed by atoms with Crippen molar-refractivity contribution in [3.05, 3.63) is 72.9 Å². The molecule has 12 heteroatoms. The van der Waals surface area contributed by atoms with Crippen molar-refractivity contribution in [3.63, 3.8) is 0 Å². The van der Waals surface area contributed by atoms with Gasteiger partial charge in [-0.15, -0.1) is 0 Å². The van der Waals surface area contributed by atoms with Crippen LogP contribution in [0.1, 0.15) is 252 Å². The molecule has 3 atom stereocenters. The van der Waals surface area contributed by atoms with Crippen LogP contribution in [-0.2, 0) is 42.2 Å². The lowest BCUT2D eigenvalue weighted by Crippen LogP contribution is -2.30. The molecule has 11 nitrogen and oxygen atoms in total. The monoisotopic (exact) mass is 1030 g/mol. The molecule has 72 heavy (non-hydrogen) atoms. The predicted molar refractivity (Wildman–Crippen MR) is 298 cm³/mol. The molecule has 0 rings (SSSR count). The molecule has 0 aromatic heterocycles. The Hall–Kier alpha value is -3.08. The van der Waals surface area contributed by atoms with E-state index in [-0.39, 0.29) is 25.9 Å². The van der Waals surface area contributed by atoms with Gasteiger partial charge in [0.25, 0.3) is 0 Å². The van der Waals surface area contributed by atoms with Crippen LogP contribution in [0.2, 0.25) is 0 Å². The molecule has 0 spiro atoms. The molecule has 0 radical (unpaired) electrons. The summed E-state index contributed by atoms with van der Waals surface area (Å²) in [5.74, 6) is -1.56. The second-order valence-corrected chi connectivity index (χ2v) is 20.5. The van der Waals surface area contributed by atoms with E-state index in [2.05, 4.69) is 81.5 Å². The summed E-state index contributed by atoms with van der Waals surface area (Å²) in [6.07, 6.45) is 60.2. The molecule has 416 valence electrons. The smallest absolute Gasteiger partial charge is 0.462 e. The van der Waals surface area contributed by atoms with Crippen molar-refractivity contribution in [3.8, 4) is 0 Å². The number of phosphoric acid groups is 1. The third-order valence-corrected chi connectivity index (χ3v) is 13.1. The Balaban J connectivity index is 4.79. The van der Waals surface area contributed by atoms with Crippen LogP contribution in [0.4, 0.5) is 0 Å². The zero-order valence-electron chi connectivity index (χ0n) is 45.9. The molecular weight excluding hydrogens is 928 g/mol. The van der Waals surface area contributed by atoms with Crippen molar-refractivity contribution >= 4 is 25.7 Å². The minimum absolute atomic E-state index is 0.0544. The number of unbranched alkanes of at least 4 members (excludes halogenated alkanes) is 24. The van der Waals surface area contributed by atoms with Gasteiger partial charge in [-0.3, -0.25) is 23.4 Å². The Labute approximate surface area is 439 Å². The van der Waals surface area contributed by atoms with Crippen LogP contribution < -0.4 is 0 Å². The van der Waals surface area contributed by atoms with Crippen LogP contribution in [0.25, 0.3) is 0 Å². The number of hydrogen-bond donors (Lipinski definition) is 2. The molecule has 0 amide bonds. The first kappa shape index (κ1) is 68.9. The van der Waals surface area contributed by atoms with Crippen molar-refractivity contribution in [2.75, 3.05) is 26.4 Å². The normalized spacial score (nSPS) is 13.9. The van der Waals surface area contributed by atoms with E-state index in [1.165, 1.54) is 103 Å². The Kier molecular flexibility index (Phi) is 51.9. The van der Waals surface area contributed by atoms with Gasteiger partial charge >= 0.3 is 25.7 Å². The predicted octanol–water partition coefficient (Wildman–Crippen LogP) is 16.9. The summed E-state index contributed by atoms with van der Waals surface area (Å²) >= 11 is 0. The number of rotatable bonds is 53. The number of hydrogen-bond acceptors (Lipinski definition) is 10. The zero-order valence-corrected chi connectivity index (χ0v) is 46.8. The van der Waals surface area contributed by atoms with Gasteiger partial charge in [0.05, 0.1) is 19.8 Å². The summed E-state index contributed by atoms with van der Waals surface area (Å²) in [4.78, 5) is 48.5. The molecule has 0 aliphatic heterocycles. The van der Waals surface area contributed by atoms with E-state index in [0.29, 0.717) is 19.3 Å².